The van der Waals surface area contributed by atoms with Crippen LogP contribution in [0.4, 0.5) is 0 Å². The fourth-order valence-corrected chi connectivity index (χ4v) is 12.8. The summed E-state index contributed by atoms with van der Waals surface area (Å²) < 4.78 is 19.6. The summed E-state index contributed by atoms with van der Waals surface area (Å²) in [5.74, 6) is 2.18. The molecular weight excluding hydrogens is 464 g/mol. The second kappa shape index (κ2) is 6.96. The van der Waals surface area contributed by atoms with Crippen molar-refractivity contribution in [2.24, 2.45) is 56.7 Å². The smallest absolute Gasteiger partial charge is 0.313 e. The van der Waals surface area contributed by atoms with Crippen LogP contribution in [0.3, 0.4) is 0 Å². The largest absolute Gasteiger partial charge is 0.462 e. The van der Waals surface area contributed by atoms with Crippen molar-refractivity contribution in [3.63, 3.8) is 0 Å². The monoisotopic (exact) mass is 512 g/mol. The molecule has 7 rings (SSSR count). The lowest BCUT2D eigenvalue weighted by molar-refractivity contribution is -0.278. The number of ether oxygens (including phenoxy) is 3. The maximum absolute atomic E-state index is 13.9. The van der Waals surface area contributed by atoms with E-state index in [1.807, 2.05) is 0 Å². The van der Waals surface area contributed by atoms with Gasteiger partial charge in [-0.25, -0.2) is 0 Å². The molecule has 0 amide bonds. The van der Waals surface area contributed by atoms with Crippen molar-refractivity contribution in [2.45, 2.75) is 131 Å². The molecule has 0 aromatic rings. The average Bonchev–Trinajstić information content (AvgIpc) is 3.56. The van der Waals surface area contributed by atoms with Gasteiger partial charge >= 0.3 is 11.9 Å². The van der Waals surface area contributed by atoms with E-state index in [0.29, 0.717) is 23.7 Å². The van der Waals surface area contributed by atoms with E-state index < -0.39 is 5.60 Å². The predicted octanol–water partition coefficient (Wildman–Crippen LogP) is 6.32. The molecule has 2 aliphatic heterocycles. The van der Waals surface area contributed by atoms with Crippen LogP contribution in [0, 0.1) is 56.7 Å². The number of rotatable bonds is 1. The first-order valence-corrected chi connectivity index (χ1v) is 15.3. The van der Waals surface area contributed by atoms with E-state index in [4.69, 9.17) is 14.2 Å². The van der Waals surface area contributed by atoms with Crippen molar-refractivity contribution in [2.75, 3.05) is 0 Å². The number of carbonyl (C=O) groups is 2. The van der Waals surface area contributed by atoms with Crippen LogP contribution in [0.1, 0.15) is 107 Å². The number of hydrogen-bond donors (Lipinski definition) is 0. The molecule has 7 fully saturated rings. The quantitative estimate of drug-likeness (QED) is 0.304. The third-order valence-electron chi connectivity index (χ3n) is 14.8. The first-order valence-electron chi connectivity index (χ1n) is 15.3. The van der Waals surface area contributed by atoms with E-state index in [1.54, 1.807) is 6.92 Å². The minimum atomic E-state index is -0.486. The van der Waals surface area contributed by atoms with Crippen molar-refractivity contribution < 1.29 is 23.8 Å². The summed E-state index contributed by atoms with van der Waals surface area (Å²) >= 11 is 0. The molecule has 2 saturated heterocycles. The highest BCUT2D eigenvalue weighted by Gasteiger charge is 2.89. The molecule has 5 nitrogen and oxygen atoms in total. The van der Waals surface area contributed by atoms with Gasteiger partial charge in [0.15, 0.2) is 5.60 Å². The van der Waals surface area contributed by atoms with Crippen LogP contribution in [0.5, 0.6) is 0 Å². The van der Waals surface area contributed by atoms with Crippen molar-refractivity contribution in [1.29, 1.82) is 0 Å². The Labute approximate surface area is 223 Å². The van der Waals surface area contributed by atoms with Crippen molar-refractivity contribution >= 4 is 11.9 Å². The Morgan fingerprint density at radius 2 is 1.65 bits per heavy atom. The summed E-state index contributed by atoms with van der Waals surface area (Å²) in [6.07, 6.45) is 8.58. The van der Waals surface area contributed by atoms with Gasteiger partial charge in [0.05, 0.1) is 11.5 Å². The zero-order valence-corrected chi connectivity index (χ0v) is 24.3. The zero-order valence-electron chi connectivity index (χ0n) is 24.3. The summed E-state index contributed by atoms with van der Waals surface area (Å²) in [4.78, 5) is 25.8. The normalized spacial score (nSPS) is 60.6. The molecule has 0 aromatic heterocycles. The van der Waals surface area contributed by atoms with Crippen molar-refractivity contribution in [3.05, 3.63) is 0 Å². The Morgan fingerprint density at radius 3 is 2.35 bits per heavy atom. The van der Waals surface area contributed by atoms with Crippen LogP contribution >= 0.6 is 0 Å². The van der Waals surface area contributed by atoms with Gasteiger partial charge in [-0.1, -0.05) is 48.5 Å². The van der Waals surface area contributed by atoms with E-state index in [9.17, 15) is 9.59 Å². The number of hydrogen-bond acceptors (Lipinski definition) is 5. The highest BCUT2D eigenvalue weighted by Crippen LogP contribution is 2.83. The van der Waals surface area contributed by atoms with Crippen LogP contribution in [0.25, 0.3) is 0 Å². The summed E-state index contributed by atoms with van der Waals surface area (Å²) in [5.41, 5.74) is -0.804. The van der Waals surface area contributed by atoms with Crippen LogP contribution in [-0.4, -0.2) is 35.9 Å². The fraction of sp³-hybridized carbons (Fsp3) is 0.938. The second-order valence-corrected chi connectivity index (χ2v) is 16.0. The highest BCUT2D eigenvalue weighted by molar-refractivity contribution is 5.82. The minimum Gasteiger partial charge on any atom is -0.462 e. The predicted molar refractivity (Wildman–Crippen MR) is 139 cm³/mol. The van der Waals surface area contributed by atoms with E-state index in [0.717, 1.165) is 51.4 Å². The molecule has 7 aliphatic rings. The van der Waals surface area contributed by atoms with Gasteiger partial charge in [0.1, 0.15) is 12.2 Å². The minimum absolute atomic E-state index is 0.0236. The molecule has 0 aromatic carbocycles. The fourth-order valence-electron chi connectivity index (χ4n) is 12.8. The Morgan fingerprint density at radius 1 is 0.919 bits per heavy atom. The number of esters is 2. The van der Waals surface area contributed by atoms with Crippen LogP contribution in [0.2, 0.25) is 0 Å². The zero-order chi connectivity index (χ0) is 26.6. The third-order valence-corrected chi connectivity index (χ3v) is 14.8. The summed E-state index contributed by atoms with van der Waals surface area (Å²) in [5, 5.41) is 0. The maximum atomic E-state index is 13.9. The molecule has 37 heavy (non-hydrogen) atoms. The molecule has 5 saturated carbocycles. The molecule has 0 N–H and O–H groups in total. The molecule has 5 aliphatic carbocycles. The molecule has 1 spiro atoms. The maximum Gasteiger partial charge on any atom is 0.313 e. The van der Waals surface area contributed by atoms with Gasteiger partial charge in [-0.3, -0.25) is 9.59 Å². The van der Waals surface area contributed by atoms with Gasteiger partial charge < -0.3 is 14.2 Å². The summed E-state index contributed by atoms with van der Waals surface area (Å²) in [6, 6.07) is 0. The topological polar surface area (TPSA) is 65.1 Å². The van der Waals surface area contributed by atoms with Gasteiger partial charge in [0, 0.05) is 23.7 Å². The molecule has 5 heteroatoms. The first kappa shape index (κ1) is 24.9. The molecular formula is C32H48O5. The van der Waals surface area contributed by atoms with Crippen molar-refractivity contribution in [3.8, 4) is 0 Å². The Kier molecular flexibility index (Phi) is 4.69. The standard InChI is InChI=1S/C32H48O5/c1-17-9-14-31-16-15-30(8)29(7)13-10-20-27(4,5)21(35-19(3)33)11-12-28(20,6)24(29)22-25(36-22)32(30,37-26(31)34)23(31)18(17)2/h17-18,20-25H,9-16H2,1-8H3/t17-,18+,20+,21+,22+,23-,24-,25+,28+,29-,30+,31+,32-/m1/s1. The van der Waals surface area contributed by atoms with Crippen LogP contribution in [0.15, 0.2) is 0 Å². The average molecular weight is 513 g/mol. The summed E-state index contributed by atoms with van der Waals surface area (Å²) in [6.45, 7) is 18.6. The van der Waals surface area contributed by atoms with Crippen LogP contribution in [-0.2, 0) is 23.8 Å². The molecule has 0 radical (unpaired) electrons. The molecule has 206 valence electrons. The Hall–Kier alpha value is -1.10. The summed E-state index contributed by atoms with van der Waals surface area (Å²) in [7, 11) is 0. The first-order chi connectivity index (χ1) is 17.2. The van der Waals surface area contributed by atoms with E-state index in [2.05, 4.69) is 48.5 Å². The molecule has 2 bridgehead atoms. The SMILES string of the molecule is CC(=O)O[C@H]1CC[C@]2(C)[C@H]3[C@@H]4O[C@@H]4[C@]45OC(=O)[C@@]6(CC[C@@H](C)[C@H](C)[C@H]64)CC[C@@]5(C)[C@]3(C)CC[C@H]2C1(C)C. The Balaban J connectivity index is 1.34. The van der Waals surface area contributed by atoms with Gasteiger partial charge in [-0.15, -0.1) is 0 Å². The van der Waals surface area contributed by atoms with Crippen LogP contribution < -0.4 is 0 Å². The Bertz CT molecular complexity index is 1070. The molecule has 13 atom stereocenters. The number of epoxide rings is 1. The van der Waals surface area contributed by atoms with Gasteiger partial charge in [-0.2, -0.15) is 0 Å². The third kappa shape index (κ3) is 2.50. The number of fused-ring (bicyclic) bond motifs is 6. The highest BCUT2D eigenvalue weighted by atomic mass is 16.6. The lowest BCUT2D eigenvalue weighted by Gasteiger charge is -2.72. The molecule has 0 unspecified atom stereocenters. The van der Waals surface area contributed by atoms with Crippen molar-refractivity contribution in [1.82, 2.24) is 0 Å². The lowest BCUT2D eigenvalue weighted by atomic mass is 9.30. The van der Waals surface area contributed by atoms with Gasteiger partial charge in [0.25, 0.3) is 0 Å². The van der Waals surface area contributed by atoms with Gasteiger partial charge in [-0.05, 0) is 85.9 Å². The number of carbonyl (C=O) groups excluding carboxylic acids is 2. The molecule has 2 heterocycles. The van der Waals surface area contributed by atoms with E-state index in [-0.39, 0.29) is 63.2 Å². The lowest BCUT2D eigenvalue weighted by Crippen LogP contribution is -2.75. The van der Waals surface area contributed by atoms with E-state index in [1.165, 1.54) is 0 Å². The van der Waals surface area contributed by atoms with Gasteiger partial charge in [0.2, 0.25) is 0 Å². The van der Waals surface area contributed by atoms with E-state index >= 15 is 0 Å². The second-order valence-electron chi connectivity index (χ2n) is 16.0.